The van der Waals surface area contributed by atoms with Crippen LogP contribution < -0.4 is 4.74 Å². The molecule has 0 fully saturated rings. The van der Waals surface area contributed by atoms with Crippen molar-refractivity contribution in [1.29, 1.82) is 0 Å². The van der Waals surface area contributed by atoms with Gasteiger partial charge in [0, 0.05) is 5.33 Å². The number of allylic oxidation sites excluding steroid dienone is 1. The second kappa shape index (κ2) is 6.74. The third-order valence-corrected chi connectivity index (χ3v) is 2.95. The molecule has 1 rings (SSSR count). The predicted octanol–water partition coefficient (Wildman–Crippen LogP) is 4.66. The zero-order valence-corrected chi connectivity index (χ0v) is 11.8. The van der Waals surface area contributed by atoms with Gasteiger partial charge in [0.15, 0.2) is 0 Å². The molecule has 0 aromatic heterocycles. The Morgan fingerprint density at radius 1 is 1.44 bits per heavy atom. The first-order valence-corrected chi connectivity index (χ1v) is 6.80. The standard InChI is InChI=1S/C14H19BrO/c1-4-12(10-15)8-13-6-5-7-14(9-13)16-11(2)3/h5-9,11H,4,10H2,1-3H3. The minimum atomic E-state index is 0.223. The van der Waals surface area contributed by atoms with Crippen molar-refractivity contribution in [3.05, 3.63) is 35.4 Å². The van der Waals surface area contributed by atoms with Gasteiger partial charge in [-0.15, -0.1) is 0 Å². The highest BCUT2D eigenvalue weighted by molar-refractivity contribution is 9.09. The summed E-state index contributed by atoms with van der Waals surface area (Å²) in [6.45, 7) is 6.25. The van der Waals surface area contributed by atoms with E-state index in [1.807, 2.05) is 26.0 Å². The third kappa shape index (κ3) is 4.40. The molecule has 0 amide bonds. The molecule has 0 spiro atoms. The highest BCUT2D eigenvalue weighted by Crippen LogP contribution is 2.18. The second-order valence-corrected chi connectivity index (χ2v) is 4.59. The van der Waals surface area contributed by atoms with Gasteiger partial charge in [-0.2, -0.15) is 0 Å². The van der Waals surface area contributed by atoms with E-state index in [0.29, 0.717) is 0 Å². The lowest BCUT2D eigenvalue weighted by molar-refractivity contribution is 0.242. The maximum absolute atomic E-state index is 5.66. The van der Waals surface area contributed by atoms with Crippen molar-refractivity contribution in [2.75, 3.05) is 5.33 Å². The number of rotatable bonds is 5. The van der Waals surface area contributed by atoms with E-state index in [9.17, 15) is 0 Å². The third-order valence-electron chi connectivity index (χ3n) is 2.23. The van der Waals surface area contributed by atoms with Crippen molar-refractivity contribution in [3.63, 3.8) is 0 Å². The van der Waals surface area contributed by atoms with Crippen molar-refractivity contribution >= 4 is 22.0 Å². The molecule has 0 heterocycles. The lowest BCUT2D eigenvalue weighted by Crippen LogP contribution is -2.05. The van der Waals surface area contributed by atoms with E-state index in [0.717, 1.165) is 17.5 Å². The average Bonchev–Trinajstić information content (AvgIpc) is 2.25. The molecule has 16 heavy (non-hydrogen) atoms. The molecule has 1 nitrogen and oxygen atoms in total. The van der Waals surface area contributed by atoms with Crippen LogP contribution in [0.15, 0.2) is 29.8 Å². The Hall–Kier alpha value is -0.760. The van der Waals surface area contributed by atoms with E-state index < -0.39 is 0 Å². The van der Waals surface area contributed by atoms with Gasteiger partial charge in [0.2, 0.25) is 0 Å². The Bertz CT molecular complexity index is 350. The first-order valence-electron chi connectivity index (χ1n) is 5.67. The van der Waals surface area contributed by atoms with Crippen molar-refractivity contribution in [2.45, 2.75) is 33.3 Å². The molecule has 1 aromatic rings. The van der Waals surface area contributed by atoms with Crippen LogP contribution in [0.3, 0.4) is 0 Å². The first-order chi connectivity index (χ1) is 7.65. The van der Waals surface area contributed by atoms with Gasteiger partial charge in [0.25, 0.3) is 0 Å². The Balaban J connectivity index is 2.85. The van der Waals surface area contributed by atoms with Crippen LogP contribution in [0.25, 0.3) is 6.08 Å². The molecule has 0 aliphatic heterocycles. The fraction of sp³-hybridized carbons (Fsp3) is 0.429. The molecule has 88 valence electrons. The molecule has 2 heteroatoms. The van der Waals surface area contributed by atoms with Crippen LogP contribution in [0.1, 0.15) is 32.8 Å². The lowest BCUT2D eigenvalue weighted by atomic mass is 10.1. The summed E-state index contributed by atoms with van der Waals surface area (Å²) in [5, 5.41) is 0.929. The predicted molar refractivity (Wildman–Crippen MR) is 74.3 cm³/mol. The Morgan fingerprint density at radius 2 is 2.19 bits per heavy atom. The van der Waals surface area contributed by atoms with E-state index in [1.165, 1.54) is 11.1 Å². The van der Waals surface area contributed by atoms with Crippen LogP contribution in [0.4, 0.5) is 0 Å². The smallest absolute Gasteiger partial charge is 0.120 e. The van der Waals surface area contributed by atoms with Crippen molar-refractivity contribution < 1.29 is 4.74 Å². The van der Waals surface area contributed by atoms with E-state index in [2.05, 4.69) is 41.1 Å². The Labute approximate surface area is 107 Å². The largest absolute Gasteiger partial charge is 0.491 e. The molecular formula is C14H19BrO. The van der Waals surface area contributed by atoms with E-state index in [1.54, 1.807) is 0 Å². The second-order valence-electron chi connectivity index (χ2n) is 4.03. The molecule has 0 aliphatic carbocycles. The van der Waals surface area contributed by atoms with Crippen molar-refractivity contribution in [3.8, 4) is 5.75 Å². The Morgan fingerprint density at radius 3 is 2.75 bits per heavy atom. The van der Waals surface area contributed by atoms with Crippen LogP contribution in [-0.4, -0.2) is 11.4 Å². The summed E-state index contributed by atoms with van der Waals surface area (Å²) in [5.74, 6) is 0.939. The number of halogens is 1. The number of benzene rings is 1. The zero-order valence-electron chi connectivity index (χ0n) is 10.2. The van der Waals surface area contributed by atoms with Gasteiger partial charge >= 0.3 is 0 Å². The van der Waals surface area contributed by atoms with Crippen LogP contribution in [-0.2, 0) is 0 Å². The zero-order chi connectivity index (χ0) is 12.0. The molecule has 0 aliphatic rings. The maximum Gasteiger partial charge on any atom is 0.120 e. The molecule has 0 N–H and O–H groups in total. The molecule has 0 radical (unpaired) electrons. The molecule has 0 saturated heterocycles. The summed E-state index contributed by atoms with van der Waals surface area (Å²) in [5.41, 5.74) is 2.59. The summed E-state index contributed by atoms with van der Waals surface area (Å²) in [6, 6.07) is 8.21. The van der Waals surface area contributed by atoms with Gasteiger partial charge in [0.05, 0.1) is 6.10 Å². The normalized spacial score (nSPS) is 11.9. The van der Waals surface area contributed by atoms with Gasteiger partial charge in [-0.3, -0.25) is 0 Å². The average molecular weight is 283 g/mol. The van der Waals surface area contributed by atoms with Crippen LogP contribution in [0.2, 0.25) is 0 Å². The number of hydrogen-bond donors (Lipinski definition) is 0. The highest BCUT2D eigenvalue weighted by atomic mass is 79.9. The summed E-state index contributed by atoms with van der Waals surface area (Å²) < 4.78 is 5.66. The Kier molecular flexibility index (Phi) is 5.61. The minimum Gasteiger partial charge on any atom is -0.491 e. The molecule has 0 bridgehead atoms. The number of hydrogen-bond acceptors (Lipinski definition) is 1. The van der Waals surface area contributed by atoms with Gasteiger partial charge in [0.1, 0.15) is 5.75 Å². The van der Waals surface area contributed by atoms with E-state index >= 15 is 0 Å². The maximum atomic E-state index is 5.66. The summed E-state index contributed by atoms with van der Waals surface area (Å²) in [7, 11) is 0. The van der Waals surface area contributed by atoms with Crippen LogP contribution >= 0.6 is 15.9 Å². The van der Waals surface area contributed by atoms with Gasteiger partial charge in [-0.1, -0.05) is 46.6 Å². The summed E-state index contributed by atoms with van der Waals surface area (Å²) >= 11 is 3.49. The molecule has 0 saturated carbocycles. The molecular weight excluding hydrogens is 264 g/mol. The number of alkyl halides is 1. The SMILES string of the molecule is CCC(=Cc1cccc(OC(C)C)c1)CBr. The van der Waals surface area contributed by atoms with Gasteiger partial charge in [-0.25, -0.2) is 0 Å². The van der Waals surface area contributed by atoms with Crippen LogP contribution in [0, 0.1) is 0 Å². The van der Waals surface area contributed by atoms with Gasteiger partial charge < -0.3 is 4.74 Å². The molecule has 0 atom stereocenters. The van der Waals surface area contributed by atoms with Gasteiger partial charge in [-0.05, 0) is 38.0 Å². The monoisotopic (exact) mass is 282 g/mol. The topological polar surface area (TPSA) is 9.23 Å². The quantitative estimate of drug-likeness (QED) is 0.714. The summed E-state index contributed by atoms with van der Waals surface area (Å²) in [6.07, 6.45) is 3.50. The minimum absolute atomic E-state index is 0.223. The fourth-order valence-electron chi connectivity index (χ4n) is 1.42. The van der Waals surface area contributed by atoms with E-state index in [4.69, 9.17) is 4.74 Å². The first kappa shape index (κ1) is 13.3. The molecule has 0 unspecified atom stereocenters. The van der Waals surface area contributed by atoms with Crippen LogP contribution in [0.5, 0.6) is 5.75 Å². The van der Waals surface area contributed by atoms with Crippen molar-refractivity contribution in [2.24, 2.45) is 0 Å². The molecule has 1 aromatic carbocycles. The number of ether oxygens (including phenoxy) is 1. The highest BCUT2D eigenvalue weighted by Gasteiger charge is 1.99. The lowest BCUT2D eigenvalue weighted by Gasteiger charge is -2.10. The summed E-state index contributed by atoms with van der Waals surface area (Å²) in [4.78, 5) is 0. The van der Waals surface area contributed by atoms with Crippen molar-refractivity contribution in [1.82, 2.24) is 0 Å². The van der Waals surface area contributed by atoms with E-state index in [-0.39, 0.29) is 6.10 Å². The fourth-order valence-corrected chi connectivity index (χ4v) is 1.98.